The van der Waals surface area contributed by atoms with Gasteiger partial charge in [0.15, 0.2) is 5.17 Å². The van der Waals surface area contributed by atoms with Gasteiger partial charge < -0.3 is 0 Å². The molecule has 122 valence electrons. The summed E-state index contributed by atoms with van der Waals surface area (Å²) in [6.07, 6.45) is 3.61. The van der Waals surface area contributed by atoms with Crippen LogP contribution in [0.4, 0.5) is 5.69 Å². The molecule has 0 spiro atoms. The third-order valence-corrected chi connectivity index (χ3v) is 5.56. The molecule has 0 N–H and O–H groups in total. The Kier molecular flexibility index (Phi) is 5.23. The Hall–Kier alpha value is -1.82. The van der Waals surface area contributed by atoms with E-state index in [2.05, 4.69) is 11.6 Å². The zero-order chi connectivity index (χ0) is 17.1. The van der Waals surface area contributed by atoms with Crippen molar-refractivity contribution in [2.45, 2.75) is 6.92 Å². The summed E-state index contributed by atoms with van der Waals surface area (Å²) in [6.45, 7) is 5.66. The third-order valence-electron chi connectivity index (χ3n) is 3.40. The van der Waals surface area contributed by atoms with Gasteiger partial charge in [-0.15, -0.1) is 17.9 Å². The van der Waals surface area contributed by atoms with E-state index in [4.69, 9.17) is 11.6 Å². The lowest BCUT2D eigenvalue weighted by atomic mass is 10.2. The van der Waals surface area contributed by atoms with E-state index in [1.54, 1.807) is 28.4 Å². The van der Waals surface area contributed by atoms with Crippen molar-refractivity contribution >= 4 is 57.5 Å². The Morgan fingerprint density at radius 3 is 2.92 bits per heavy atom. The van der Waals surface area contributed by atoms with Gasteiger partial charge in [-0.2, -0.15) is 0 Å². The van der Waals surface area contributed by atoms with E-state index in [0.29, 0.717) is 21.6 Å². The van der Waals surface area contributed by atoms with Crippen molar-refractivity contribution in [3.63, 3.8) is 0 Å². The van der Waals surface area contributed by atoms with E-state index in [0.717, 1.165) is 16.1 Å². The minimum Gasteiger partial charge on any atom is -0.266 e. The number of thiophene rings is 1. The average Bonchev–Trinajstić information content (AvgIpc) is 3.17. The van der Waals surface area contributed by atoms with Crippen LogP contribution < -0.4 is 4.90 Å². The summed E-state index contributed by atoms with van der Waals surface area (Å²) < 4.78 is 0. The van der Waals surface area contributed by atoms with Gasteiger partial charge in [0.05, 0.1) is 5.69 Å². The molecule has 1 aromatic carbocycles. The topological polar surface area (TPSA) is 32.7 Å². The maximum atomic E-state index is 12.9. The number of hydrogen-bond acceptors (Lipinski definition) is 4. The van der Waals surface area contributed by atoms with Crippen LogP contribution in [0.3, 0.4) is 0 Å². The Balaban J connectivity index is 2.00. The number of aryl methyl sites for hydroxylation is 1. The van der Waals surface area contributed by atoms with Gasteiger partial charge in [0.2, 0.25) is 0 Å². The molecule has 0 fully saturated rings. The number of halogens is 1. The van der Waals surface area contributed by atoms with E-state index < -0.39 is 0 Å². The predicted octanol–water partition coefficient (Wildman–Crippen LogP) is 5.37. The van der Waals surface area contributed by atoms with E-state index in [1.807, 2.05) is 42.6 Å². The normalized spacial score (nSPS) is 15.9. The maximum absolute atomic E-state index is 12.9. The Morgan fingerprint density at radius 2 is 2.25 bits per heavy atom. The number of rotatable bonds is 4. The lowest BCUT2D eigenvalue weighted by Gasteiger charge is -2.18. The largest absolute Gasteiger partial charge is 0.283 e. The highest BCUT2D eigenvalue weighted by Crippen LogP contribution is 2.32. The van der Waals surface area contributed by atoms with Crippen LogP contribution >= 0.6 is 34.7 Å². The number of carbonyl (C=O) groups excluding carboxylic acids is 1. The first-order chi connectivity index (χ1) is 11.6. The molecule has 1 aromatic heterocycles. The summed E-state index contributed by atoms with van der Waals surface area (Å²) in [5.74, 6) is 0.531. The van der Waals surface area contributed by atoms with E-state index in [9.17, 15) is 4.79 Å². The van der Waals surface area contributed by atoms with Crippen molar-refractivity contribution in [3.05, 3.63) is 69.5 Å². The van der Waals surface area contributed by atoms with Crippen LogP contribution in [0.1, 0.15) is 10.4 Å². The first-order valence-electron chi connectivity index (χ1n) is 7.28. The molecule has 1 amide bonds. The molecule has 2 aromatic rings. The lowest BCUT2D eigenvalue weighted by Crippen LogP contribution is -2.30. The van der Waals surface area contributed by atoms with E-state index >= 15 is 0 Å². The second-order valence-corrected chi connectivity index (χ2v) is 7.49. The minimum atomic E-state index is -0.144. The molecule has 1 aliphatic rings. The molecule has 3 nitrogen and oxygen atoms in total. The molecule has 0 radical (unpaired) electrons. The number of amides is 1. The maximum Gasteiger partial charge on any atom is 0.283 e. The van der Waals surface area contributed by atoms with Gasteiger partial charge in [0.25, 0.3) is 5.91 Å². The molecule has 3 rings (SSSR count). The van der Waals surface area contributed by atoms with Crippen LogP contribution in [0.25, 0.3) is 6.08 Å². The fourth-order valence-electron chi connectivity index (χ4n) is 2.18. The molecule has 0 unspecified atom stereocenters. The van der Waals surface area contributed by atoms with Crippen molar-refractivity contribution in [1.29, 1.82) is 0 Å². The molecular formula is C18H15ClN2OS2. The minimum absolute atomic E-state index is 0.144. The van der Waals surface area contributed by atoms with Crippen LogP contribution in [0.5, 0.6) is 0 Å². The summed E-state index contributed by atoms with van der Waals surface area (Å²) in [5, 5.41) is 3.24. The number of benzene rings is 1. The molecule has 6 heteroatoms. The fourth-order valence-corrected chi connectivity index (χ4v) is 3.76. The standard InChI is InChI=1S/C18H15ClN2OS2/c1-3-8-24-18-20-16(11-14-5-4-9-23-14)17(22)21(18)13-7-6-12(2)15(19)10-13/h3-7,9-11H,1,8H2,2H3. The molecule has 0 bridgehead atoms. The average molecular weight is 375 g/mol. The number of nitrogens with zero attached hydrogens (tertiary/aromatic N) is 2. The Bertz CT molecular complexity index is 841. The molecule has 0 saturated carbocycles. The van der Waals surface area contributed by atoms with Crippen LogP contribution in [0.2, 0.25) is 5.02 Å². The van der Waals surface area contributed by atoms with Gasteiger partial charge in [0, 0.05) is 15.7 Å². The van der Waals surface area contributed by atoms with Crippen molar-refractivity contribution < 1.29 is 4.79 Å². The summed E-state index contributed by atoms with van der Waals surface area (Å²) in [6, 6.07) is 9.50. The summed E-state index contributed by atoms with van der Waals surface area (Å²) in [7, 11) is 0. The van der Waals surface area contributed by atoms with E-state index in [-0.39, 0.29) is 5.91 Å². The van der Waals surface area contributed by atoms with Crippen molar-refractivity contribution in [1.82, 2.24) is 0 Å². The fraction of sp³-hybridized carbons (Fsp3) is 0.111. The third kappa shape index (κ3) is 3.48. The number of thioether (sulfide) groups is 1. The summed E-state index contributed by atoms with van der Waals surface area (Å²) >= 11 is 9.28. The Morgan fingerprint density at radius 1 is 1.42 bits per heavy atom. The lowest BCUT2D eigenvalue weighted by molar-refractivity contribution is -0.113. The van der Waals surface area contributed by atoms with Gasteiger partial charge in [-0.3, -0.25) is 9.69 Å². The number of anilines is 1. The van der Waals surface area contributed by atoms with Gasteiger partial charge in [0.1, 0.15) is 5.70 Å². The molecule has 1 aliphatic heterocycles. The SMILES string of the molecule is C=CCSC1=NC(=Cc2cccs2)C(=O)N1c1ccc(C)c(Cl)c1. The summed E-state index contributed by atoms with van der Waals surface area (Å²) in [4.78, 5) is 20.0. The second kappa shape index (κ2) is 7.38. The molecule has 0 atom stereocenters. The van der Waals surface area contributed by atoms with Crippen LogP contribution in [-0.2, 0) is 4.79 Å². The zero-order valence-corrected chi connectivity index (χ0v) is 15.4. The summed E-state index contributed by atoms with van der Waals surface area (Å²) in [5.41, 5.74) is 2.12. The number of amidine groups is 1. The monoisotopic (exact) mass is 374 g/mol. The quantitative estimate of drug-likeness (QED) is 0.532. The first-order valence-corrected chi connectivity index (χ1v) is 9.52. The van der Waals surface area contributed by atoms with Gasteiger partial charge in [-0.1, -0.05) is 41.6 Å². The molecule has 24 heavy (non-hydrogen) atoms. The smallest absolute Gasteiger partial charge is 0.266 e. The predicted molar refractivity (Wildman–Crippen MR) is 106 cm³/mol. The van der Waals surface area contributed by atoms with Crippen LogP contribution in [0.15, 0.2) is 59.1 Å². The number of carbonyl (C=O) groups is 1. The van der Waals surface area contributed by atoms with Crippen molar-refractivity contribution in [3.8, 4) is 0 Å². The van der Waals surface area contributed by atoms with Crippen molar-refractivity contribution in [2.24, 2.45) is 4.99 Å². The highest BCUT2D eigenvalue weighted by atomic mass is 35.5. The highest BCUT2D eigenvalue weighted by Gasteiger charge is 2.32. The van der Waals surface area contributed by atoms with Gasteiger partial charge >= 0.3 is 0 Å². The zero-order valence-electron chi connectivity index (χ0n) is 13.0. The molecular weight excluding hydrogens is 360 g/mol. The Labute approximate surface area is 154 Å². The van der Waals surface area contributed by atoms with Crippen molar-refractivity contribution in [2.75, 3.05) is 10.7 Å². The van der Waals surface area contributed by atoms with Crippen LogP contribution in [0, 0.1) is 6.92 Å². The first kappa shape index (κ1) is 17.0. The highest BCUT2D eigenvalue weighted by molar-refractivity contribution is 8.14. The van der Waals surface area contributed by atoms with Gasteiger partial charge in [-0.05, 0) is 42.1 Å². The second-order valence-electron chi connectivity index (χ2n) is 5.11. The number of hydrogen-bond donors (Lipinski definition) is 0. The van der Waals surface area contributed by atoms with Crippen LogP contribution in [-0.4, -0.2) is 16.8 Å². The molecule has 0 saturated heterocycles. The van der Waals surface area contributed by atoms with Gasteiger partial charge in [-0.25, -0.2) is 4.99 Å². The molecule has 2 heterocycles. The van der Waals surface area contributed by atoms with E-state index in [1.165, 1.54) is 11.8 Å². The number of aliphatic imine (C=N–C) groups is 1. The molecule has 0 aliphatic carbocycles.